The van der Waals surface area contributed by atoms with E-state index in [0.717, 1.165) is 29.7 Å². The molecular weight excluding hydrogens is 513 g/mol. The second-order valence-electron chi connectivity index (χ2n) is 9.80. The second-order valence-corrected chi connectivity index (χ2v) is 9.80. The Kier molecular flexibility index (Phi) is 8.02. The zero-order chi connectivity index (χ0) is 27.7. The van der Waals surface area contributed by atoms with Gasteiger partial charge in [0.1, 0.15) is 18.3 Å². The molecule has 6 atom stereocenters. The third-order valence-electron chi connectivity index (χ3n) is 7.39. The molecule has 0 radical (unpaired) electrons. The van der Waals surface area contributed by atoms with Gasteiger partial charge in [0.25, 0.3) is 0 Å². The normalized spacial score (nSPS) is 26.9. The molecule has 2 heterocycles. The van der Waals surface area contributed by atoms with Gasteiger partial charge in [-0.1, -0.05) is 24.3 Å². The zero-order valence-electron chi connectivity index (χ0n) is 22.1. The lowest BCUT2D eigenvalue weighted by molar-refractivity contribution is -0.314. The third-order valence-corrected chi connectivity index (χ3v) is 7.39. The Labute approximate surface area is 225 Å². The second kappa shape index (κ2) is 11.3. The maximum absolute atomic E-state index is 12.9. The van der Waals surface area contributed by atoms with Gasteiger partial charge in [-0.15, -0.1) is 0 Å². The van der Waals surface area contributed by atoms with Crippen molar-refractivity contribution in [1.82, 2.24) is 9.97 Å². The summed E-state index contributed by atoms with van der Waals surface area (Å²) in [6, 6.07) is 12.8. The highest BCUT2D eigenvalue weighted by Crippen LogP contribution is 2.34. The summed E-state index contributed by atoms with van der Waals surface area (Å²) in [5.74, 6) is 0.360. The Morgan fingerprint density at radius 2 is 1.49 bits per heavy atom. The number of hydrogen-bond acceptors (Lipinski definition) is 7. The molecule has 1 aliphatic carbocycles. The average Bonchev–Trinajstić information content (AvgIpc) is 3.34. The van der Waals surface area contributed by atoms with Crippen molar-refractivity contribution in [2.75, 3.05) is 21.3 Å². The third kappa shape index (κ3) is 5.71. The van der Waals surface area contributed by atoms with Gasteiger partial charge in [-0.3, -0.25) is 0 Å². The molecule has 0 amide bonds. The van der Waals surface area contributed by atoms with Gasteiger partial charge >= 0.3 is 6.18 Å². The first kappa shape index (κ1) is 27.7. The summed E-state index contributed by atoms with van der Waals surface area (Å²) in [5.41, 5.74) is 3.70. The Balaban J connectivity index is 1.30. The van der Waals surface area contributed by atoms with Crippen molar-refractivity contribution < 1.29 is 36.9 Å². The Bertz CT molecular complexity index is 1290. The van der Waals surface area contributed by atoms with Gasteiger partial charge in [-0.05, 0) is 55.2 Å². The highest BCUT2D eigenvalue weighted by Gasteiger charge is 2.47. The lowest BCUT2D eigenvalue weighted by Gasteiger charge is -2.44. The minimum absolute atomic E-state index is 0.102. The molecule has 1 saturated heterocycles. The topological polar surface area (TPSA) is 71.9 Å². The minimum Gasteiger partial charge on any atom is -0.376 e. The molecule has 7 nitrogen and oxygen atoms in total. The zero-order valence-corrected chi connectivity index (χ0v) is 22.1. The van der Waals surface area contributed by atoms with Crippen LogP contribution < -0.4 is 0 Å². The van der Waals surface area contributed by atoms with Crippen molar-refractivity contribution in [3.8, 4) is 22.6 Å². The molecule has 2 aromatic carbocycles. The summed E-state index contributed by atoms with van der Waals surface area (Å²) in [4.78, 5) is 8.88. The number of benzene rings is 2. The van der Waals surface area contributed by atoms with E-state index in [1.165, 1.54) is 17.7 Å². The maximum atomic E-state index is 12.9. The summed E-state index contributed by atoms with van der Waals surface area (Å²) >= 11 is 0. The molecule has 0 spiro atoms. The van der Waals surface area contributed by atoms with Crippen molar-refractivity contribution in [3.05, 3.63) is 71.4 Å². The van der Waals surface area contributed by atoms with Crippen LogP contribution in [0.5, 0.6) is 0 Å². The van der Waals surface area contributed by atoms with E-state index in [4.69, 9.17) is 23.7 Å². The number of ether oxygens (including phenoxy) is 5. The van der Waals surface area contributed by atoms with Gasteiger partial charge in [0.15, 0.2) is 12.1 Å². The van der Waals surface area contributed by atoms with E-state index in [2.05, 4.69) is 22.1 Å². The van der Waals surface area contributed by atoms with E-state index >= 15 is 0 Å². The number of aromatic nitrogens is 2. The van der Waals surface area contributed by atoms with Gasteiger partial charge in [0.2, 0.25) is 0 Å². The molecule has 208 valence electrons. The number of nitrogens with zero attached hydrogens (tertiary/aromatic N) is 2. The molecule has 0 N–H and O–H groups in total. The van der Waals surface area contributed by atoms with Gasteiger partial charge < -0.3 is 23.7 Å². The van der Waals surface area contributed by atoms with E-state index in [1.54, 1.807) is 33.6 Å². The molecule has 1 aliphatic heterocycles. The summed E-state index contributed by atoms with van der Waals surface area (Å²) in [7, 11) is 4.86. The fourth-order valence-corrected chi connectivity index (χ4v) is 5.41. The summed E-state index contributed by atoms with van der Waals surface area (Å²) in [6.07, 6.45) is -3.35. The average molecular weight is 545 g/mol. The summed E-state index contributed by atoms with van der Waals surface area (Å²) in [5, 5.41) is 0. The number of rotatable bonds is 7. The van der Waals surface area contributed by atoms with E-state index < -0.39 is 24.1 Å². The Morgan fingerprint density at radius 1 is 0.821 bits per heavy atom. The van der Waals surface area contributed by atoms with Crippen molar-refractivity contribution in [2.45, 2.75) is 62.8 Å². The maximum Gasteiger partial charge on any atom is 0.416 e. The van der Waals surface area contributed by atoms with Gasteiger partial charge in [-0.2, -0.15) is 13.2 Å². The molecule has 10 heteroatoms. The van der Waals surface area contributed by atoms with Crippen LogP contribution in [0, 0.1) is 0 Å². The first-order valence-corrected chi connectivity index (χ1v) is 12.7. The monoisotopic (exact) mass is 544 g/mol. The number of alkyl halides is 3. The fourth-order valence-electron chi connectivity index (χ4n) is 5.41. The molecule has 1 unspecified atom stereocenters. The van der Waals surface area contributed by atoms with E-state index in [1.807, 2.05) is 13.0 Å². The first-order valence-electron chi connectivity index (χ1n) is 12.7. The van der Waals surface area contributed by atoms with Crippen LogP contribution in [0.4, 0.5) is 13.2 Å². The summed E-state index contributed by atoms with van der Waals surface area (Å²) in [6.45, 7) is 1.93. The lowest BCUT2D eigenvalue weighted by atomic mass is 9.99. The van der Waals surface area contributed by atoms with E-state index in [-0.39, 0.29) is 24.4 Å². The minimum atomic E-state index is -4.39. The molecule has 5 rings (SSSR count). The van der Waals surface area contributed by atoms with Crippen LogP contribution in [-0.2, 0) is 42.7 Å². The highest BCUT2D eigenvalue weighted by atomic mass is 19.4. The molecule has 2 aliphatic rings. The van der Waals surface area contributed by atoms with Crippen molar-refractivity contribution in [1.29, 1.82) is 0 Å². The van der Waals surface area contributed by atoms with Crippen LogP contribution in [0.15, 0.2) is 54.7 Å². The van der Waals surface area contributed by atoms with E-state index in [0.29, 0.717) is 23.5 Å². The van der Waals surface area contributed by atoms with Crippen LogP contribution in [0.3, 0.4) is 0 Å². The van der Waals surface area contributed by atoms with Crippen LogP contribution in [0.25, 0.3) is 22.6 Å². The first-order chi connectivity index (χ1) is 18.7. The van der Waals surface area contributed by atoms with E-state index in [9.17, 15) is 13.2 Å². The quantitative estimate of drug-likeness (QED) is 0.410. The predicted molar refractivity (Wildman–Crippen MR) is 137 cm³/mol. The SMILES string of the molecule is CO[C@@H]1[C@H](OC)[C@H](OC2Cc3ccc(-c4ccnc(-c5ccc(C(F)(F)F)cc5)n4)cc3C2)O[C@@H](C)[C@@H]1OC. The number of halogens is 3. The van der Waals surface area contributed by atoms with Crippen molar-refractivity contribution >= 4 is 0 Å². The van der Waals surface area contributed by atoms with Crippen LogP contribution in [0.2, 0.25) is 0 Å². The lowest BCUT2D eigenvalue weighted by Crippen LogP contribution is -2.59. The van der Waals surface area contributed by atoms with Gasteiger partial charge in [-0.25, -0.2) is 9.97 Å². The molecule has 0 bridgehead atoms. The smallest absolute Gasteiger partial charge is 0.376 e. The largest absolute Gasteiger partial charge is 0.416 e. The van der Waals surface area contributed by atoms with Gasteiger partial charge in [0.05, 0.1) is 23.5 Å². The molecule has 1 fully saturated rings. The molecule has 39 heavy (non-hydrogen) atoms. The Morgan fingerprint density at radius 3 is 2.15 bits per heavy atom. The highest BCUT2D eigenvalue weighted by molar-refractivity contribution is 5.65. The molecule has 3 aromatic rings. The molecule has 0 saturated carbocycles. The molecular formula is C29H31F3N2O5. The molecule has 1 aromatic heterocycles. The standard InChI is InChI=1S/C29H31F3N2O5/c1-16-24(35-2)25(36-3)26(37-4)28(38-16)39-22-14-18-5-6-19(13-20(18)15-22)23-11-12-33-27(34-23)17-7-9-21(10-8-17)29(30,31)32/h5-13,16,22,24-26,28H,14-15H2,1-4H3/t16-,22?,24-,25-,26-,28-/m0/s1. The predicted octanol–water partition coefficient (Wildman–Crippen LogP) is 5.10. The van der Waals surface area contributed by atoms with Crippen LogP contribution >= 0.6 is 0 Å². The summed E-state index contributed by atoms with van der Waals surface area (Å²) < 4.78 is 68.3. The fraction of sp³-hybridized carbons (Fsp3) is 0.448. The van der Waals surface area contributed by atoms with Crippen molar-refractivity contribution in [2.24, 2.45) is 0 Å². The van der Waals surface area contributed by atoms with Crippen LogP contribution in [-0.4, -0.2) is 68.1 Å². The number of methoxy groups -OCH3 is 3. The number of fused-ring (bicyclic) bond motifs is 1. The van der Waals surface area contributed by atoms with Gasteiger partial charge in [0, 0.05) is 38.7 Å². The van der Waals surface area contributed by atoms with Crippen LogP contribution in [0.1, 0.15) is 23.6 Å². The van der Waals surface area contributed by atoms with Crippen molar-refractivity contribution in [3.63, 3.8) is 0 Å². The number of hydrogen-bond donors (Lipinski definition) is 0. The Hall–Kier alpha value is -2.89.